The molecular weight excluding hydrogens is 128 g/mol. The van der Waals surface area contributed by atoms with E-state index >= 15 is 0 Å². The molecule has 0 aromatic rings. The molecule has 0 aliphatic carbocycles. The van der Waals surface area contributed by atoms with Crippen molar-refractivity contribution in [2.75, 3.05) is 6.54 Å². The molecule has 9 heavy (non-hydrogen) atoms. The summed E-state index contributed by atoms with van der Waals surface area (Å²) in [6.07, 6.45) is -2.57. The molecule has 54 valence electrons. The summed E-state index contributed by atoms with van der Waals surface area (Å²) in [4.78, 5) is 0. The maximum Gasteiger partial charge on any atom is 0.205 e. The van der Waals surface area contributed by atoms with Gasteiger partial charge in [0.2, 0.25) is 6.30 Å². The average Bonchev–Trinajstić information content (AvgIpc) is 1.83. The summed E-state index contributed by atoms with van der Waals surface area (Å²) < 4.78 is 24.5. The summed E-state index contributed by atoms with van der Waals surface area (Å²) in [6.45, 7) is 0.238. The average molecular weight is 137 g/mol. The molecule has 0 aromatic heterocycles. The van der Waals surface area contributed by atoms with E-state index in [1.165, 1.54) is 0 Å². The number of nitrogens with zero attached hydrogens (tertiary/aromatic N) is 1. The van der Waals surface area contributed by atoms with Crippen molar-refractivity contribution in [1.82, 2.24) is 5.06 Å². The minimum Gasteiger partial charge on any atom is -0.311 e. The zero-order chi connectivity index (χ0) is 6.85. The quantitative estimate of drug-likeness (QED) is 0.505. The summed E-state index contributed by atoms with van der Waals surface area (Å²) in [7, 11) is 0. The van der Waals surface area contributed by atoms with Crippen LogP contribution < -0.4 is 0 Å². The second-order valence-electron chi connectivity index (χ2n) is 2.19. The van der Waals surface area contributed by atoms with Crippen LogP contribution in [0.3, 0.4) is 0 Å². The highest BCUT2D eigenvalue weighted by Crippen LogP contribution is 2.18. The Bertz CT molecular complexity index is 91.0. The molecule has 0 amide bonds. The Hall–Kier alpha value is -0.220. The molecule has 4 heteroatoms. The Morgan fingerprint density at radius 3 is 2.56 bits per heavy atom. The fourth-order valence-corrected chi connectivity index (χ4v) is 0.896. The van der Waals surface area contributed by atoms with Crippen molar-refractivity contribution in [3.05, 3.63) is 0 Å². The van der Waals surface area contributed by atoms with Crippen molar-refractivity contribution in [3.8, 4) is 0 Å². The van der Waals surface area contributed by atoms with E-state index in [0.29, 0.717) is 11.5 Å². The van der Waals surface area contributed by atoms with Crippen LogP contribution in [0.4, 0.5) is 8.78 Å². The van der Waals surface area contributed by atoms with Crippen molar-refractivity contribution in [2.24, 2.45) is 0 Å². The smallest absolute Gasteiger partial charge is 0.205 e. The Balaban J connectivity index is 2.41. The predicted octanol–water partition coefficient (Wildman–Crippen LogP) is 1.11. The lowest BCUT2D eigenvalue weighted by molar-refractivity contribution is -0.203. The summed E-state index contributed by atoms with van der Waals surface area (Å²) in [5.74, 6) is 0. The Kier molecular flexibility index (Phi) is 1.97. The van der Waals surface area contributed by atoms with Crippen LogP contribution in [0, 0.1) is 0 Å². The molecule has 1 heterocycles. The third-order valence-electron chi connectivity index (χ3n) is 1.45. The Morgan fingerprint density at radius 2 is 2.11 bits per heavy atom. The molecule has 0 saturated carbocycles. The van der Waals surface area contributed by atoms with Gasteiger partial charge in [0.1, 0.15) is 6.17 Å². The highest BCUT2D eigenvalue weighted by Gasteiger charge is 2.29. The minimum absolute atomic E-state index is 0.220. The van der Waals surface area contributed by atoms with Gasteiger partial charge in [-0.3, -0.25) is 0 Å². The van der Waals surface area contributed by atoms with E-state index in [1.807, 2.05) is 0 Å². The maximum atomic E-state index is 12.3. The summed E-state index contributed by atoms with van der Waals surface area (Å²) in [5.41, 5.74) is 0. The molecule has 1 aliphatic rings. The van der Waals surface area contributed by atoms with Gasteiger partial charge in [-0.05, 0) is 12.8 Å². The number of hydrogen-bond donors (Lipinski definition) is 1. The lowest BCUT2D eigenvalue weighted by Gasteiger charge is -2.26. The monoisotopic (exact) mass is 137 g/mol. The van der Waals surface area contributed by atoms with Crippen LogP contribution in [0.25, 0.3) is 0 Å². The van der Waals surface area contributed by atoms with E-state index < -0.39 is 12.5 Å². The van der Waals surface area contributed by atoms with Crippen molar-refractivity contribution in [2.45, 2.75) is 25.3 Å². The molecule has 2 atom stereocenters. The molecule has 1 saturated heterocycles. The second kappa shape index (κ2) is 2.58. The zero-order valence-electron chi connectivity index (χ0n) is 4.93. The number of hydrogen-bond acceptors (Lipinski definition) is 2. The van der Waals surface area contributed by atoms with E-state index in [1.54, 1.807) is 0 Å². The van der Waals surface area contributed by atoms with Crippen molar-refractivity contribution >= 4 is 0 Å². The van der Waals surface area contributed by atoms with Gasteiger partial charge in [0.15, 0.2) is 0 Å². The summed E-state index contributed by atoms with van der Waals surface area (Å²) in [6, 6.07) is 0. The first-order valence-electron chi connectivity index (χ1n) is 2.95. The van der Waals surface area contributed by atoms with Gasteiger partial charge >= 0.3 is 0 Å². The van der Waals surface area contributed by atoms with Crippen LogP contribution in [0.5, 0.6) is 0 Å². The summed E-state index contributed by atoms with van der Waals surface area (Å²) in [5, 5.41) is 8.98. The lowest BCUT2D eigenvalue weighted by Crippen LogP contribution is -2.41. The Labute approximate surface area is 52.0 Å². The van der Waals surface area contributed by atoms with Crippen molar-refractivity contribution < 1.29 is 14.0 Å². The van der Waals surface area contributed by atoms with E-state index in [4.69, 9.17) is 5.21 Å². The number of rotatable bonds is 0. The molecule has 2 unspecified atom stereocenters. The molecule has 1 aliphatic heterocycles. The number of alkyl halides is 2. The zero-order valence-corrected chi connectivity index (χ0v) is 4.93. The highest BCUT2D eigenvalue weighted by molar-refractivity contribution is 4.70. The predicted molar refractivity (Wildman–Crippen MR) is 27.5 cm³/mol. The van der Waals surface area contributed by atoms with E-state index in [9.17, 15) is 8.78 Å². The molecular formula is C5H9F2NO. The molecule has 2 nitrogen and oxygen atoms in total. The Morgan fingerprint density at radius 1 is 1.44 bits per heavy atom. The number of halogens is 2. The fraction of sp³-hybridized carbons (Fsp3) is 1.00. The van der Waals surface area contributed by atoms with Crippen molar-refractivity contribution in [3.63, 3.8) is 0 Å². The molecule has 0 radical (unpaired) electrons. The second-order valence-corrected chi connectivity index (χ2v) is 2.19. The van der Waals surface area contributed by atoms with Gasteiger partial charge in [-0.2, -0.15) is 5.06 Å². The van der Waals surface area contributed by atoms with Crippen LogP contribution in [-0.2, 0) is 0 Å². The standard InChI is InChI=1S/C5H9F2NO/c6-4-2-1-3-8(9)5(4)7/h4-5,9H,1-3H2. The van der Waals surface area contributed by atoms with Gasteiger partial charge in [-0.1, -0.05) is 0 Å². The summed E-state index contributed by atoms with van der Waals surface area (Å²) >= 11 is 0. The normalized spacial score (nSPS) is 39.0. The van der Waals surface area contributed by atoms with Gasteiger partial charge in [-0.25, -0.2) is 8.78 Å². The third-order valence-corrected chi connectivity index (χ3v) is 1.45. The van der Waals surface area contributed by atoms with Gasteiger partial charge in [0.25, 0.3) is 0 Å². The van der Waals surface area contributed by atoms with Gasteiger partial charge < -0.3 is 5.21 Å². The van der Waals surface area contributed by atoms with Gasteiger partial charge in [0, 0.05) is 6.54 Å². The number of hydroxylamine groups is 2. The fourth-order valence-electron chi connectivity index (χ4n) is 0.896. The van der Waals surface area contributed by atoms with Crippen LogP contribution in [0.1, 0.15) is 12.8 Å². The SMILES string of the molecule is ON1CCCC(F)C1F. The topological polar surface area (TPSA) is 23.5 Å². The van der Waals surface area contributed by atoms with Gasteiger partial charge in [0.05, 0.1) is 0 Å². The van der Waals surface area contributed by atoms with Crippen molar-refractivity contribution in [1.29, 1.82) is 0 Å². The van der Waals surface area contributed by atoms with Crippen LogP contribution >= 0.6 is 0 Å². The molecule has 0 bridgehead atoms. The first-order chi connectivity index (χ1) is 4.22. The lowest BCUT2D eigenvalue weighted by atomic mass is 10.1. The van der Waals surface area contributed by atoms with Crippen LogP contribution in [0.2, 0.25) is 0 Å². The first kappa shape index (κ1) is 6.89. The largest absolute Gasteiger partial charge is 0.311 e. The first-order valence-corrected chi connectivity index (χ1v) is 2.95. The molecule has 0 aromatic carbocycles. The van der Waals surface area contributed by atoms with Crippen LogP contribution in [-0.4, -0.2) is 29.3 Å². The van der Waals surface area contributed by atoms with Crippen LogP contribution in [0.15, 0.2) is 0 Å². The van der Waals surface area contributed by atoms with E-state index in [2.05, 4.69) is 0 Å². The third kappa shape index (κ3) is 1.37. The van der Waals surface area contributed by atoms with E-state index in [-0.39, 0.29) is 13.0 Å². The van der Waals surface area contributed by atoms with E-state index in [0.717, 1.165) is 0 Å². The minimum atomic E-state index is -1.81. The molecule has 0 spiro atoms. The maximum absolute atomic E-state index is 12.3. The molecule has 1 N–H and O–H groups in total. The van der Waals surface area contributed by atoms with Gasteiger partial charge in [-0.15, -0.1) is 0 Å². The molecule has 1 rings (SSSR count). The highest BCUT2D eigenvalue weighted by atomic mass is 19.2. The molecule has 1 fully saturated rings. The number of piperidine rings is 1.